The zero-order valence-corrected chi connectivity index (χ0v) is 14.8. The van der Waals surface area contributed by atoms with E-state index in [1.165, 1.54) is 17.9 Å². The number of nitrogens with zero attached hydrogens (tertiary/aromatic N) is 1. The molecule has 2 heterocycles. The van der Waals surface area contributed by atoms with E-state index in [9.17, 15) is 19.1 Å². The Morgan fingerprint density at radius 3 is 2.85 bits per heavy atom. The standard InChI is InChI=1S/C18H24FN3O4/c1-12(23)21-10-15-11-22(17(24)26-15)14-3-2-13(16(19)8-14)9-18(25)4-6-20-7-5-18/h2-3,8,15,20,25H,4-7,9-11H2,1H3,(H,21,23)/t15-/m0/s1. The normalized spacial score (nSPS) is 22.2. The molecule has 3 N–H and O–H groups in total. The van der Waals surface area contributed by atoms with Gasteiger partial charge in [-0.05, 0) is 43.6 Å². The monoisotopic (exact) mass is 365 g/mol. The third kappa shape index (κ3) is 4.31. The topological polar surface area (TPSA) is 90.9 Å². The van der Waals surface area contributed by atoms with Crippen LogP contribution in [0.5, 0.6) is 0 Å². The highest BCUT2D eigenvalue weighted by atomic mass is 19.1. The van der Waals surface area contributed by atoms with Crippen molar-refractivity contribution in [3.63, 3.8) is 0 Å². The fraction of sp³-hybridized carbons (Fsp3) is 0.556. The molecule has 1 atom stereocenters. The number of carbonyl (C=O) groups excluding carboxylic acids is 2. The van der Waals surface area contributed by atoms with E-state index in [4.69, 9.17) is 4.74 Å². The van der Waals surface area contributed by atoms with Crippen molar-refractivity contribution in [2.24, 2.45) is 0 Å². The lowest BCUT2D eigenvalue weighted by Gasteiger charge is -2.32. The van der Waals surface area contributed by atoms with Gasteiger partial charge >= 0.3 is 6.09 Å². The second kappa shape index (κ2) is 7.59. The van der Waals surface area contributed by atoms with Gasteiger partial charge in [0.15, 0.2) is 0 Å². The molecule has 2 fully saturated rings. The van der Waals surface area contributed by atoms with Crippen LogP contribution >= 0.6 is 0 Å². The van der Waals surface area contributed by atoms with Gasteiger partial charge in [0.25, 0.3) is 0 Å². The molecule has 0 bridgehead atoms. The Morgan fingerprint density at radius 2 is 2.19 bits per heavy atom. The lowest BCUT2D eigenvalue weighted by Crippen LogP contribution is -2.43. The Labute approximate surface area is 151 Å². The number of piperidine rings is 1. The summed E-state index contributed by atoms with van der Waals surface area (Å²) in [5, 5.41) is 16.4. The van der Waals surface area contributed by atoms with Crippen LogP contribution in [-0.2, 0) is 16.0 Å². The minimum atomic E-state index is -0.899. The molecule has 0 aromatic heterocycles. The average Bonchev–Trinajstić information content (AvgIpc) is 2.96. The number of benzene rings is 1. The lowest BCUT2D eigenvalue weighted by atomic mass is 9.86. The predicted octanol–water partition coefficient (Wildman–Crippen LogP) is 0.944. The number of amides is 2. The van der Waals surface area contributed by atoms with Crippen molar-refractivity contribution in [1.29, 1.82) is 0 Å². The summed E-state index contributed by atoms with van der Waals surface area (Å²) in [7, 11) is 0. The molecule has 8 heteroatoms. The number of anilines is 1. The van der Waals surface area contributed by atoms with Crippen molar-refractivity contribution in [2.45, 2.75) is 37.9 Å². The molecule has 2 aliphatic rings. The van der Waals surface area contributed by atoms with Gasteiger partial charge in [-0.2, -0.15) is 0 Å². The molecule has 2 saturated heterocycles. The summed E-state index contributed by atoms with van der Waals surface area (Å²) in [5.41, 5.74) is -0.0664. The molecular weight excluding hydrogens is 341 g/mol. The van der Waals surface area contributed by atoms with Crippen LogP contribution in [0.25, 0.3) is 0 Å². The molecule has 26 heavy (non-hydrogen) atoms. The molecule has 0 spiro atoms. The first-order valence-corrected chi connectivity index (χ1v) is 8.80. The fourth-order valence-electron chi connectivity index (χ4n) is 3.37. The second-order valence-electron chi connectivity index (χ2n) is 6.98. The van der Waals surface area contributed by atoms with Crippen molar-refractivity contribution in [2.75, 3.05) is 31.1 Å². The Balaban J connectivity index is 1.67. The van der Waals surface area contributed by atoms with Crippen LogP contribution in [0, 0.1) is 5.82 Å². The second-order valence-corrected chi connectivity index (χ2v) is 6.98. The third-order valence-corrected chi connectivity index (χ3v) is 4.85. The molecule has 0 aliphatic carbocycles. The molecule has 0 saturated carbocycles. The molecule has 2 amide bonds. The van der Waals surface area contributed by atoms with Crippen LogP contribution < -0.4 is 15.5 Å². The van der Waals surface area contributed by atoms with E-state index in [1.807, 2.05) is 0 Å². The largest absolute Gasteiger partial charge is 0.442 e. The zero-order valence-electron chi connectivity index (χ0n) is 14.8. The predicted molar refractivity (Wildman–Crippen MR) is 93.5 cm³/mol. The van der Waals surface area contributed by atoms with Crippen LogP contribution in [0.2, 0.25) is 0 Å². The maximum atomic E-state index is 14.5. The van der Waals surface area contributed by atoms with Gasteiger partial charge in [0.1, 0.15) is 11.9 Å². The van der Waals surface area contributed by atoms with Gasteiger partial charge in [-0.15, -0.1) is 0 Å². The van der Waals surface area contributed by atoms with Gasteiger partial charge in [-0.1, -0.05) is 6.07 Å². The minimum Gasteiger partial charge on any atom is -0.442 e. The van der Waals surface area contributed by atoms with Gasteiger partial charge < -0.3 is 20.5 Å². The number of rotatable bonds is 5. The zero-order chi connectivity index (χ0) is 18.7. The third-order valence-electron chi connectivity index (χ3n) is 4.85. The highest BCUT2D eigenvalue weighted by Gasteiger charge is 2.34. The Kier molecular flexibility index (Phi) is 5.43. The number of hydrogen-bond donors (Lipinski definition) is 3. The van der Waals surface area contributed by atoms with E-state index in [2.05, 4.69) is 10.6 Å². The maximum absolute atomic E-state index is 14.5. The van der Waals surface area contributed by atoms with Gasteiger partial charge in [0, 0.05) is 13.3 Å². The molecule has 0 unspecified atom stereocenters. The minimum absolute atomic E-state index is 0.203. The fourth-order valence-corrected chi connectivity index (χ4v) is 3.37. The van der Waals surface area contributed by atoms with E-state index in [0.29, 0.717) is 37.2 Å². The molecule has 0 radical (unpaired) electrons. The van der Waals surface area contributed by atoms with Crippen molar-refractivity contribution in [3.05, 3.63) is 29.6 Å². The first-order chi connectivity index (χ1) is 12.4. The molecule has 3 rings (SSSR count). The first kappa shape index (κ1) is 18.6. The van der Waals surface area contributed by atoms with Gasteiger partial charge in [0.05, 0.1) is 24.4 Å². The van der Waals surface area contributed by atoms with Crippen molar-refractivity contribution in [1.82, 2.24) is 10.6 Å². The SMILES string of the molecule is CC(=O)NC[C@H]1CN(c2ccc(CC3(O)CCNCC3)c(F)c2)C(=O)O1. The molecule has 2 aliphatic heterocycles. The maximum Gasteiger partial charge on any atom is 0.414 e. The molecular formula is C18H24FN3O4. The Hall–Kier alpha value is -2.19. The van der Waals surface area contributed by atoms with E-state index >= 15 is 0 Å². The number of carbonyl (C=O) groups is 2. The van der Waals surface area contributed by atoms with E-state index in [1.54, 1.807) is 12.1 Å². The van der Waals surface area contributed by atoms with E-state index < -0.39 is 23.6 Å². The summed E-state index contributed by atoms with van der Waals surface area (Å²) >= 11 is 0. The molecule has 142 valence electrons. The summed E-state index contributed by atoms with van der Waals surface area (Å²) in [6.45, 7) is 3.28. The van der Waals surface area contributed by atoms with Crippen molar-refractivity contribution in [3.8, 4) is 0 Å². The van der Waals surface area contributed by atoms with E-state index in [0.717, 1.165) is 0 Å². The number of nitrogens with one attached hydrogen (secondary N) is 2. The summed E-state index contributed by atoms with van der Waals surface area (Å²) in [5.74, 6) is -0.654. The smallest absolute Gasteiger partial charge is 0.414 e. The number of hydrogen-bond acceptors (Lipinski definition) is 5. The van der Waals surface area contributed by atoms with E-state index in [-0.39, 0.29) is 25.4 Å². The highest BCUT2D eigenvalue weighted by molar-refractivity contribution is 5.89. The van der Waals surface area contributed by atoms with Gasteiger partial charge in [0.2, 0.25) is 5.91 Å². The Bertz CT molecular complexity index is 691. The average molecular weight is 365 g/mol. The molecule has 7 nitrogen and oxygen atoms in total. The van der Waals surface area contributed by atoms with Crippen molar-refractivity contribution >= 4 is 17.7 Å². The van der Waals surface area contributed by atoms with Crippen LogP contribution in [-0.4, -0.2) is 55.0 Å². The quantitative estimate of drug-likeness (QED) is 0.723. The first-order valence-electron chi connectivity index (χ1n) is 8.80. The van der Waals surface area contributed by atoms with Crippen LogP contribution in [0.15, 0.2) is 18.2 Å². The summed E-state index contributed by atoms with van der Waals surface area (Å²) in [4.78, 5) is 24.3. The van der Waals surface area contributed by atoms with Crippen LogP contribution in [0.3, 0.4) is 0 Å². The van der Waals surface area contributed by atoms with Crippen LogP contribution in [0.1, 0.15) is 25.3 Å². The Morgan fingerprint density at radius 1 is 1.46 bits per heavy atom. The highest BCUT2D eigenvalue weighted by Crippen LogP contribution is 2.28. The lowest BCUT2D eigenvalue weighted by molar-refractivity contribution is -0.119. The summed E-state index contributed by atoms with van der Waals surface area (Å²) in [6.07, 6.45) is 0.375. The molecule has 1 aromatic rings. The summed E-state index contributed by atoms with van der Waals surface area (Å²) < 4.78 is 19.7. The van der Waals surface area contributed by atoms with Gasteiger partial charge in [-0.25, -0.2) is 9.18 Å². The summed E-state index contributed by atoms with van der Waals surface area (Å²) in [6, 6.07) is 4.56. The number of ether oxygens (including phenoxy) is 1. The number of aliphatic hydroxyl groups is 1. The van der Waals surface area contributed by atoms with Gasteiger partial charge in [-0.3, -0.25) is 9.69 Å². The number of cyclic esters (lactones) is 1. The van der Waals surface area contributed by atoms with Crippen LogP contribution in [0.4, 0.5) is 14.9 Å². The number of halogens is 1. The van der Waals surface area contributed by atoms with Crippen molar-refractivity contribution < 1.29 is 23.8 Å². The molecule has 1 aromatic carbocycles.